The van der Waals surface area contributed by atoms with E-state index >= 15 is 0 Å². The largest absolute Gasteiger partial charge is 0.385 e. The van der Waals surface area contributed by atoms with Crippen LogP contribution in [0.1, 0.15) is 33.6 Å². The summed E-state index contributed by atoms with van der Waals surface area (Å²) in [6.07, 6.45) is 5.00. The van der Waals surface area contributed by atoms with Gasteiger partial charge in [0.2, 0.25) is 0 Å². The molecule has 18 heavy (non-hydrogen) atoms. The van der Waals surface area contributed by atoms with E-state index in [1.807, 2.05) is 6.92 Å². The highest BCUT2D eigenvalue weighted by Crippen LogP contribution is 2.67. The third kappa shape index (κ3) is 1.18. The quantitative estimate of drug-likeness (QED) is 0.462. The molecule has 2 bridgehead atoms. The van der Waals surface area contributed by atoms with Crippen molar-refractivity contribution in [2.75, 3.05) is 0 Å². The highest BCUT2D eigenvalue weighted by atomic mass is 16.3. The first-order chi connectivity index (χ1) is 8.26. The van der Waals surface area contributed by atoms with Crippen molar-refractivity contribution in [1.82, 2.24) is 0 Å². The molecule has 0 aromatic rings. The minimum Gasteiger partial charge on any atom is -0.385 e. The van der Waals surface area contributed by atoms with E-state index in [1.54, 1.807) is 19.9 Å². The summed E-state index contributed by atoms with van der Waals surface area (Å²) in [6, 6.07) is 0. The van der Waals surface area contributed by atoms with Gasteiger partial charge in [0.1, 0.15) is 12.1 Å². The van der Waals surface area contributed by atoms with Crippen molar-refractivity contribution in [1.29, 1.82) is 0 Å². The maximum Gasteiger partial charge on any atom is 0.142 e. The molecular formula is C15H20O3. The van der Waals surface area contributed by atoms with Crippen LogP contribution < -0.4 is 0 Å². The zero-order chi connectivity index (χ0) is 13.8. The van der Waals surface area contributed by atoms with Gasteiger partial charge in [-0.1, -0.05) is 13.0 Å². The summed E-state index contributed by atoms with van der Waals surface area (Å²) < 4.78 is 0. The zero-order valence-electron chi connectivity index (χ0n) is 11.2. The predicted octanol–water partition coefficient (Wildman–Crippen LogP) is 2.05. The number of carbonyl (C=O) groups is 2. The predicted molar refractivity (Wildman–Crippen MR) is 68.9 cm³/mol. The number of hydrogen-bond donors (Lipinski definition) is 1. The summed E-state index contributed by atoms with van der Waals surface area (Å²) in [6.45, 7) is 9.29. The van der Waals surface area contributed by atoms with E-state index in [0.717, 1.165) is 0 Å². The summed E-state index contributed by atoms with van der Waals surface area (Å²) >= 11 is 0. The molecule has 0 spiro atoms. The third-order valence-electron chi connectivity index (χ3n) is 5.38. The smallest absolute Gasteiger partial charge is 0.142 e. The molecule has 3 nitrogen and oxygen atoms in total. The fraction of sp³-hybridized carbons (Fsp3) is 0.600. The van der Waals surface area contributed by atoms with Crippen LogP contribution in [0, 0.1) is 16.7 Å². The molecule has 0 saturated heterocycles. The second-order valence-electron chi connectivity index (χ2n) is 6.05. The molecule has 2 rings (SSSR count). The van der Waals surface area contributed by atoms with Gasteiger partial charge < -0.3 is 5.11 Å². The normalized spacial score (nSPS) is 49.4. The second kappa shape index (κ2) is 3.64. The van der Waals surface area contributed by atoms with E-state index in [2.05, 4.69) is 6.58 Å². The van der Waals surface area contributed by atoms with E-state index in [0.29, 0.717) is 24.7 Å². The Bertz CT molecular complexity index is 454. The first-order valence-electron chi connectivity index (χ1n) is 6.31. The fourth-order valence-electron chi connectivity index (χ4n) is 4.23. The van der Waals surface area contributed by atoms with Gasteiger partial charge in [-0.15, -0.1) is 6.58 Å². The van der Waals surface area contributed by atoms with Gasteiger partial charge in [-0.25, -0.2) is 0 Å². The molecule has 3 heteroatoms. The Balaban J connectivity index is 2.77. The Labute approximate surface area is 108 Å². The van der Waals surface area contributed by atoms with Crippen LogP contribution in [0.4, 0.5) is 0 Å². The van der Waals surface area contributed by atoms with Crippen molar-refractivity contribution in [3.8, 4) is 0 Å². The minimum absolute atomic E-state index is 0.0594. The summed E-state index contributed by atoms with van der Waals surface area (Å²) in [5.74, 6) is -0.0726. The number of hydrogen-bond acceptors (Lipinski definition) is 3. The van der Waals surface area contributed by atoms with Crippen molar-refractivity contribution in [2.24, 2.45) is 16.7 Å². The lowest BCUT2D eigenvalue weighted by molar-refractivity contribution is -0.144. The lowest BCUT2D eigenvalue weighted by atomic mass is 9.59. The molecule has 4 atom stereocenters. The van der Waals surface area contributed by atoms with Gasteiger partial charge in [-0.3, -0.25) is 9.59 Å². The van der Waals surface area contributed by atoms with Gasteiger partial charge in [0.05, 0.1) is 11.0 Å². The number of allylic oxidation sites excluding steroid dienone is 2. The van der Waals surface area contributed by atoms with E-state index in [4.69, 9.17) is 0 Å². The lowest BCUT2D eigenvalue weighted by Crippen LogP contribution is -2.50. The van der Waals surface area contributed by atoms with Gasteiger partial charge in [0, 0.05) is 12.3 Å². The summed E-state index contributed by atoms with van der Waals surface area (Å²) in [5.41, 5.74) is -1.84. The number of aldehydes is 1. The van der Waals surface area contributed by atoms with Crippen LogP contribution in [0.25, 0.3) is 0 Å². The molecule has 4 unspecified atom stereocenters. The number of carbonyl (C=O) groups excluding carboxylic acids is 2. The molecule has 2 saturated carbocycles. The molecule has 0 aromatic heterocycles. The first-order valence-corrected chi connectivity index (χ1v) is 6.31. The molecule has 0 aromatic carbocycles. The number of Topliss-reactive ketones (excluding diaryl/α,β-unsaturated/α-hetero) is 1. The fourth-order valence-corrected chi connectivity index (χ4v) is 4.23. The Morgan fingerprint density at radius 3 is 2.44 bits per heavy atom. The third-order valence-corrected chi connectivity index (χ3v) is 5.38. The summed E-state index contributed by atoms with van der Waals surface area (Å²) in [7, 11) is 0. The van der Waals surface area contributed by atoms with Gasteiger partial charge >= 0.3 is 0 Å². The highest BCUT2D eigenvalue weighted by Gasteiger charge is 2.70. The molecular weight excluding hydrogens is 228 g/mol. The molecule has 2 fully saturated rings. The Kier molecular flexibility index (Phi) is 2.67. The molecule has 1 N–H and O–H groups in total. The molecule has 98 valence electrons. The molecule has 0 heterocycles. The van der Waals surface area contributed by atoms with Gasteiger partial charge in [0.15, 0.2) is 0 Å². The minimum atomic E-state index is -1.28. The molecule has 2 aliphatic rings. The maximum atomic E-state index is 12.3. The number of ketones is 1. The summed E-state index contributed by atoms with van der Waals surface area (Å²) in [5, 5.41) is 10.9. The zero-order valence-corrected chi connectivity index (χ0v) is 11.2. The van der Waals surface area contributed by atoms with Crippen molar-refractivity contribution in [3.63, 3.8) is 0 Å². The van der Waals surface area contributed by atoms with Crippen LogP contribution >= 0.6 is 0 Å². The number of fused-ring (bicyclic) bond motifs is 2. The number of rotatable bonds is 2. The standard InChI is InChI=1S/C15H20O3/c1-5-10-13(2)8-6-12(17)14(10,3)15(4,18)11(13)7-9-16/h5,7,9-10,18H,1,6,8H2,2-4H3/b11-7-. The van der Waals surface area contributed by atoms with E-state index in [9.17, 15) is 14.7 Å². The second-order valence-corrected chi connectivity index (χ2v) is 6.05. The number of aliphatic hydroxyl groups is 1. The molecule has 0 radical (unpaired) electrons. The first kappa shape index (κ1) is 13.2. The van der Waals surface area contributed by atoms with Crippen molar-refractivity contribution >= 4 is 12.1 Å². The molecule has 0 aliphatic heterocycles. The average Bonchev–Trinajstić information content (AvgIpc) is 2.39. The van der Waals surface area contributed by atoms with Crippen LogP contribution in [0.5, 0.6) is 0 Å². The van der Waals surface area contributed by atoms with Gasteiger partial charge in [0.25, 0.3) is 0 Å². The summed E-state index contributed by atoms with van der Waals surface area (Å²) in [4.78, 5) is 23.2. The van der Waals surface area contributed by atoms with Crippen LogP contribution in [0.15, 0.2) is 24.3 Å². The van der Waals surface area contributed by atoms with Crippen LogP contribution in [-0.4, -0.2) is 22.8 Å². The van der Waals surface area contributed by atoms with Crippen molar-refractivity contribution < 1.29 is 14.7 Å². The Hall–Kier alpha value is -1.22. The molecule has 0 amide bonds. The van der Waals surface area contributed by atoms with Gasteiger partial charge in [-0.05, 0) is 37.3 Å². The van der Waals surface area contributed by atoms with E-state index < -0.39 is 11.0 Å². The van der Waals surface area contributed by atoms with Crippen molar-refractivity contribution in [3.05, 3.63) is 24.3 Å². The highest BCUT2D eigenvalue weighted by molar-refractivity contribution is 5.90. The van der Waals surface area contributed by atoms with Crippen LogP contribution in [0.3, 0.4) is 0 Å². The Morgan fingerprint density at radius 2 is 2.00 bits per heavy atom. The average molecular weight is 248 g/mol. The van der Waals surface area contributed by atoms with Crippen LogP contribution in [0.2, 0.25) is 0 Å². The molecule has 2 aliphatic carbocycles. The van der Waals surface area contributed by atoms with Crippen molar-refractivity contribution in [2.45, 2.75) is 39.2 Å². The van der Waals surface area contributed by atoms with E-state index in [1.165, 1.54) is 6.08 Å². The van der Waals surface area contributed by atoms with E-state index in [-0.39, 0.29) is 17.1 Å². The lowest BCUT2D eigenvalue weighted by Gasteiger charge is -2.43. The monoisotopic (exact) mass is 248 g/mol. The van der Waals surface area contributed by atoms with Gasteiger partial charge in [-0.2, -0.15) is 0 Å². The topological polar surface area (TPSA) is 54.4 Å². The maximum absolute atomic E-state index is 12.3. The Morgan fingerprint density at radius 1 is 1.39 bits per heavy atom. The van der Waals surface area contributed by atoms with Crippen LogP contribution in [-0.2, 0) is 9.59 Å². The SMILES string of the molecule is C=CC1C2(C)CCC(=O)C1(C)C(C)(O)/C2=C\C=O.